The molecule has 8 nitrogen and oxygen atoms in total. The molecule has 0 bridgehead atoms. The predicted octanol–water partition coefficient (Wildman–Crippen LogP) is 14.9. The highest BCUT2D eigenvalue weighted by Crippen LogP contribution is 2.37. The topological polar surface area (TPSA) is 114 Å². The van der Waals surface area contributed by atoms with E-state index >= 15 is 0 Å². The number of H-pyrrole nitrogens is 2. The van der Waals surface area contributed by atoms with E-state index in [2.05, 4.69) is 60.2 Å². The number of carbonyl (C=O) groups excluding carboxylic acids is 1. The van der Waals surface area contributed by atoms with E-state index < -0.39 is 5.97 Å². The third-order valence-electron chi connectivity index (χ3n) is 12.5. The molecule has 0 aliphatic heterocycles. The standard InChI is InChI=1S/C26H30ClNO3.C25H28ClNO3.2CH4/c1-17-14-18(8-10-21(17)19-6-4-3-5-7-19)16-31-20-9-11-23-22(15-20)26(27)24(28-23)12-13-25(29)30-2;1-16-13-17(7-9-20(16)18-5-3-2-4-6-18)15-30-19-8-10-22-21(14-19)25(26)23(27-22)11-12-24(28)29;;/h8-11,14-15,19,28H,3-7,12-13,16H2,1-2H3;7-10,13-14,18,27H,2-6,11-12,15H2,1H3,(H,28,29);2*1H4. The maximum Gasteiger partial charge on any atom is 0.305 e. The lowest BCUT2D eigenvalue weighted by Gasteiger charge is -2.24. The van der Waals surface area contributed by atoms with Crippen molar-refractivity contribution < 1.29 is 28.9 Å². The van der Waals surface area contributed by atoms with Crippen LogP contribution in [-0.4, -0.2) is 34.1 Å². The molecule has 4 aromatic carbocycles. The Labute approximate surface area is 384 Å². The molecule has 0 radical (unpaired) electrons. The summed E-state index contributed by atoms with van der Waals surface area (Å²) in [6.07, 6.45) is 14.6. The van der Waals surface area contributed by atoms with Crippen LogP contribution >= 0.6 is 23.2 Å². The van der Waals surface area contributed by atoms with Crippen molar-refractivity contribution in [1.29, 1.82) is 0 Å². The number of nitrogens with one attached hydrogen (secondary N) is 2. The summed E-state index contributed by atoms with van der Waals surface area (Å²) in [6.45, 7) is 5.45. The molecule has 6 aromatic rings. The van der Waals surface area contributed by atoms with E-state index in [1.165, 1.54) is 99.1 Å². The van der Waals surface area contributed by atoms with Gasteiger partial charge in [0.25, 0.3) is 0 Å². The minimum atomic E-state index is -0.835. The van der Waals surface area contributed by atoms with Crippen molar-refractivity contribution in [3.05, 3.63) is 128 Å². The fourth-order valence-corrected chi connectivity index (χ4v) is 9.80. The summed E-state index contributed by atoms with van der Waals surface area (Å²) in [5.74, 6) is 1.88. The molecule has 0 unspecified atom stereocenters. The molecule has 0 saturated heterocycles. The molecule has 0 amide bonds. The van der Waals surface area contributed by atoms with Gasteiger partial charge in [-0.15, -0.1) is 0 Å². The molecule has 63 heavy (non-hydrogen) atoms. The van der Waals surface area contributed by atoms with E-state index in [-0.39, 0.29) is 27.2 Å². The molecule has 2 aliphatic rings. The van der Waals surface area contributed by atoms with Crippen molar-refractivity contribution >= 4 is 56.9 Å². The summed E-state index contributed by atoms with van der Waals surface area (Å²) in [7, 11) is 1.39. The van der Waals surface area contributed by atoms with E-state index in [0.717, 1.165) is 56.2 Å². The number of hydrogen-bond acceptors (Lipinski definition) is 5. The molecule has 2 heterocycles. The number of aromatic amines is 2. The van der Waals surface area contributed by atoms with Crippen LogP contribution in [0.4, 0.5) is 0 Å². The van der Waals surface area contributed by atoms with Crippen LogP contribution < -0.4 is 9.47 Å². The van der Waals surface area contributed by atoms with Crippen molar-refractivity contribution in [2.45, 2.75) is 144 Å². The Morgan fingerprint density at radius 1 is 0.619 bits per heavy atom. The number of carboxylic acids is 1. The third kappa shape index (κ3) is 12.6. The zero-order chi connectivity index (χ0) is 42.9. The van der Waals surface area contributed by atoms with Gasteiger partial charge in [-0.2, -0.15) is 0 Å². The van der Waals surface area contributed by atoms with E-state index in [9.17, 15) is 9.59 Å². The van der Waals surface area contributed by atoms with Crippen molar-refractivity contribution in [3.63, 3.8) is 0 Å². The zero-order valence-electron chi connectivity index (χ0n) is 35.6. The second-order valence-corrected chi connectivity index (χ2v) is 17.6. The Kier molecular flexibility index (Phi) is 18.0. The fraction of sp³-hybridized carbons (Fsp3) is 0.434. The molecule has 10 heteroatoms. The van der Waals surface area contributed by atoms with Crippen molar-refractivity contribution in [2.75, 3.05) is 7.11 Å². The SMILES string of the molecule is C.C.COC(=O)CCc1[nH]c2ccc(OCc3ccc(C4CCCCC4)c(C)c3)cc2c1Cl.Cc1cc(COc2ccc3[nH]c(CCC(=O)O)c(Cl)c3c2)ccc1C1CCCCC1. The Balaban J connectivity index is 0.000000230. The molecular weight excluding hydrogens is 831 g/mol. The second-order valence-electron chi connectivity index (χ2n) is 16.8. The number of hydrogen-bond donors (Lipinski definition) is 3. The molecule has 338 valence electrons. The minimum absolute atomic E-state index is 0. The van der Waals surface area contributed by atoms with Crippen LogP contribution in [0.2, 0.25) is 10.0 Å². The summed E-state index contributed by atoms with van der Waals surface area (Å²) < 4.78 is 16.8. The van der Waals surface area contributed by atoms with Crippen molar-refractivity contribution in [2.24, 2.45) is 0 Å². The van der Waals surface area contributed by atoms with E-state index in [1.54, 1.807) is 0 Å². The summed E-state index contributed by atoms with van der Waals surface area (Å²) in [5, 5.41) is 11.9. The number of carbonyl (C=O) groups is 2. The van der Waals surface area contributed by atoms with Gasteiger partial charge in [0, 0.05) is 33.2 Å². The highest BCUT2D eigenvalue weighted by atomic mass is 35.5. The van der Waals surface area contributed by atoms with Crippen LogP contribution in [-0.2, 0) is 40.4 Å². The van der Waals surface area contributed by atoms with Gasteiger partial charge in [0.1, 0.15) is 24.7 Å². The molecular formula is C53H66Cl2N2O6. The monoisotopic (exact) mass is 896 g/mol. The lowest BCUT2D eigenvalue weighted by Crippen LogP contribution is -2.07. The first-order chi connectivity index (χ1) is 29.6. The third-order valence-corrected chi connectivity index (χ3v) is 13.4. The van der Waals surface area contributed by atoms with Crippen molar-refractivity contribution in [3.8, 4) is 11.5 Å². The second kappa shape index (κ2) is 23.1. The first-order valence-corrected chi connectivity index (χ1v) is 22.6. The van der Waals surface area contributed by atoms with Gasteiger partial charge in [-0.1, -0.05) is 113 Å². The number of aromatic nitrogens is 2. The average Bonchev–Trinajstić information content (AvgIpc) is 3.77. The van der Waals surface area contributed by atoms with Crippen LogP contribution in [0.15, 0.2) is 72.8 Å². The van der Waals surface area contributed by atoms with Gasteiger partial charge >= 0.3 is 11.9 Å². The summed E-state index contributed by atoms with van der Waals surface area (Å²) >= 11 is 13.0. The van der Waals surface area contributed by atoms with Crippen LogP contribution in [0.1, 0.15) is 149 Å². The van der Waals surface area contributed by atoms with E-state index in [0.29, 0.717) is 48.4 Å². The van der Waals surface area contributed by atoms with Crippen LogP contribution in [0.3, 0.4) is 0 Å². The lowest BCUT2D eigenvalue weighted by atomic mass is 9.82. The number of ether oxygens (including phenoxy) is 3. The number of esters is 1. The van der Waals surface area contributed by atoms with Gasteiger partial charge in [-0.25, -0.2) is 0 Å². The summed E-state index contributed by atoms with van der Waals surface area (Å²) in [5.41, 5.74) is 11.5. The van der Waals surface area contributed by atoms with Crippen LogP contribution in [0.5, 0.6) is 11.5 Å². The van der Waals surface area contributed by atoms with Crippen molar-refractivity contribution in [1.82, 2.24) is 9.97 Å². The van der Waals surface area contributed by atoms with Gasteiger partial charge in [-0.3, -0.25) is 9.59 Å². The highest BCUT2D eigenvalue weighted by molar-refractivity contribution is 6.37. The molecule has 2 aliphatic carbocycles. The van der Waals surface area contributed by atoms with Crippen LogP contribution in [0.25, 0.3) is 21.8 Å². The van der Waals surface area contributed by atoms with E-state index in [4.69, 9.17) is 42.5 Å². The zero-order valence-corrected chi connectivity index (χ0v) is 37.2. The normalized spacial score (nSPS) is 14.3. The summed E-state index contributed by atoms with van der Waals surface area (Å²) in [6, 6.07) is 25.1. The number of carboxylic acid groups (broad SMARTS) is 1. The van der Waals surface area contributed by atoms with Crippen LogP contribution in [0, 0.1) is 13.8 Å². The Morgan fingerprint density at radius 2 is 1.05 bits per heavy atom. The fourth-order valence-electron chi connectivity index (χ4n) is 9.20. The van der Waals surface area contributed by atoms with Gasteiger partial charge < -0.3 is 29.3 Å². The van der Waals surface area contributed by atoms with E-state index in [1.807, 2.05) is 36.4 Å². The molecule has 0 atom stereocenters. The number of aliphatic carboxylic acids is 1. The number of benzene rings is 4. The molecule has 2 aromatic heterocycles. The minimum Gasteiger partial charge on any atom is -0.489 e. The maximum atomic E-state index is 11.4. The lowest BCUT2D eigenvalue weighted by molar-refractivity contribution is -0.140. The summed E-state index contributed by atoms with van der Waals surface area (Å²) in [4.78, 5) is 28.8. The average molecular weight is 898 g/mol. The van der Waals surface area contributed by atoms with Gasteiger partial charge in [0.2, 0.25) is 0 Å². The molecule has 2 saturated carbocycles. The quantitative estimate of drug-likeness (QED) is 0.0939. The number of methoxy groups -OCH3 is 1. The Morgan fingerprint density at radius 3 is 1.44 bits per heavy atom. The molecule has 8 rings (SSSR count). The molecule has 2 fully saturated rings. The predicted molar refractivity (Wildman–Crippen MR) is 259 cm³/mol. The number of halogens is 2. The number of fused-ring (bicyclic) bond motifs is 2. The number of aryl methyl sites for hydroxylation is 4. The Hall–Kier alpha value is -4.92. The smallest absolute Gasteiger partial charge is 0.305 e. The largest absolute Gasteiger partial charge is 0.489 e. The van der Waals surface area contributed by atoms with Gasteiger partial charge in [0.15, 0.2) is 0 Å². The maximum absolute atomic E-state index is 11.4. The number of rotatable bonds is 14. The first kappa shape index (κ1) is 49.1. The highest BCUT2D eigenvalue weighted by Gasteiger charge is 2.19. The van der Waals surface area contributed by atoms with Gasteiger partial charge in [-0.05, 0) is 134 Å². The Bertz CT molecular complexity index is 2460. The molecule has 3 N–H and O–H groups in total. The molecule has 0 spiro atoms. The first-order valence-electron chi connectivity index (χ1n) is 21.9. The van der Waals surface area contributed by atoms with Gasteiger partial charge in [0.05, 0.1) is 30.0 Å².